The maximum Gasteiger partial charge on any atom is 0.250 e. The Morgan fingerprint density at radius 3 is 2.48 bits per heavy atom. The Bertz CT molecular complexity index is 1550. The van der Waals surface area contributed by atoms with E-state index >= 15 is 0 Å². The summed E-state index contributed by atoms with van der Waals surface area (Å²) in [6.45, 7) is 2.38. The molecule has 2 aliphatic heterocycles. The predicted molar refractivity (Wildman–Crippen MR) is 145 cm³/mol. The lowest BCUT2D eigenvalue weighted by Gasteiger charge is -2.42. The molecule has 1 saturated heterocycles. The second-order valence-corrected chi connectivity index (χ2v) is 10.4. The van der Waals surface area contributed by atoms with Crippen molar-refractivity contribution in [2.24, 2.45) is 11.7 Å². The van der Waals surface area contributed by atoms with Crippen LogP contribution in [0.3, 0.4) is 0 Å². The minimum Gasteiger partial charge on any atom is -0.502 e. The number of piperidine rings is 1. The van der Waals surface area contributed by atoms with E-state index in [0.717, 1.165) is 18.7 Å². The minimum absolute atomic E-state index is 0.0147. The first kappa shape index (κ1) is 27.3. The van der Waals surface area contributed by atoms with E-state index in [-0.39, 0.29) is 29.6 Å². The average Bonchev–Trinajstić information content (AvgIpc) is 2.93. The van der Waals surface area contributed by atoms with Gasteiger partial charge < -0.3 is 34.0 Å². The summed E-state index contributed by atoms with van der Waals surface area (Å²) in [5, 5.41) is 10.8. The zero-order valence-corrected chi connectivity index (χ0v) is 22.7. The number of carbonyl (C=O) groups excluding carboxylic acids is 1. The van der Waals surface area contributed by atoms with E-state index in [1.807, 2.05) is 10.6 Å². The van der Waals surface area contributed by atoms with Gasteiger partial charge in [0.25, 0.3) is 5.56 Å². The summed E-state index contributed by atoms with van der Waals surface area (Å²) >= 11 is 0. The molecule has 1 fully saturated rings. The normalized spacial score (nSPS) is 19.0. The molecule has 2 aromatic heterocycles. The van der Waals surface area contributed by atoms with Crippen molar-refractivity contribution >= 4 is 5.91 Å². The number of aromatic nitrogens is 1. The van der Waals surface area contributed by atoms with Crippen molar-refractivity contribution < 1.29 is 28.5 Å². The molecule has 0 aliphatic carbocycles. The first-order valence-corrected chi connectivity index (χ1v) is 13.1. The van der Waals surface area contributed by atoms with Gasteiger partial charge in [0.05, 0.1) is 33.8 Å². The summed E-state index contributed by atoms with van der Waals surface area (Å²) in [5.41, 5.74) is 6.43. The number of hydrogen-bond donors (Lipinski definition) is 2. The molecule has 3 aromatic rings. The highest BCUT2D eigenvalue weighted by Gasteiger charge is 2.35. The van der Waals surface area contributed by atoms with Crippen molar-refractivity contribution in [3.8, 4) is 23.0 Å². The van der Waals surface area contributed by atoms with Crippen LogP contribution in [0, 0.1) is 5.92 Å². The third-order valence-corrected chi connectivity index (χ3v) is 7.77. The molecule has 0 saturated carbocycles. The molecule has 40 heavy (non-hydrogen) atoms. The molecular weight excluding hydrogens is 518 g/mol. The highest BCUT2D eigenvalue weighted by molar-refractivity contribution is 5.76. The van der Waals surface area contributed by atoms with Crippen LogP contribution in [0.15, 0.2) is 50.4 Å². The number of fused-ring (bicyclic) bond motifs is 4. The topological polar surface area (TPSA) is 146 Å². The largest absolute Gasteiger partial charge is 0.502 e. The molecule has 3 atom stereocenters. The number of methoxy groups -OCH3 is 3. The molecule has 2 aliphatic rings. The third-order valence-electron chi connectivity index (χ3n) is 7.77. The molecule has 0 spiro atoms. The molecule has 1 aromatic carbocycles. The lowest BCUT2D eigenvalue weighted by atomic mass is 9.83. The predicted octanol–water partition coefficient (Wildman–Crippen LogP) is 2.16. The lowest BCUT2D eigenvalue weighted by molar-refractivity contribution is -0.118. The maximum atomic E-state index is 12.9. The van der Waals surface area contributed by atoms with E-state index in [1.54, 1.807) is 24.3 Å². The summed E-state index contributed by atoms with van der Waals surface area (Å²) < 4.78 is 24.4. The first-order chi connectivity index (χ1) is 19.2. The number of hydrogen-bond acceptors (Lipinski definition) is 9. The summed E-state index contributed by atoms with van der Waals surface area (Å²) in [7, 11) is 4.41. The van der Waals surface area contributed by atoms with Gasteiger partial charge in [-0.25, -0.2) is 0 Å². The number of ether oxygens (including phenoxy) is 3. The van der Waals surface area contributed by atoms with E-state index in [9.17, 15) is 19.5 Å². The number of carbonyl (C=O) groups is 1. The second kappa shape index (κ2) is 11.1. The van der Waals surface area contributed by atoms with Gasteiger partial charge in [0.1, 0.15) is 11.5 Å². The van der Waals surface area contributed by atoms with Gasteiger partial charge in [-0.15, -0.1) is 0 Å². The fourth-order valence-corrected chi connectivity index (χ4v) is 6.08. The first-order valence-electron chi connectivity index (χ1n) is 13.1. The van der Waals surface area contributed by atoms with Gasteiger partial charge in [0.2, 0.25) is 17.1 Å². The van der Waals surface area contributed by atoms with Crippen LogP contribution >= 0.6 is 0 Å². The van der Waals surface area contributed by atoms with Crippen LogP contribution in [0.2, 0.25) is 0 Å². The number of primary amides is 1. The van der Waals surface area contributed by atoms with Gasteiger partial charge in [0, 0.05) is 61.4 Å². The summed E-state index contributed by atoms with van der Waals surface area (Å²) in [6.07, 6.45) is 0.732. The van der Waals surface area contributed by atoms with E-state index in [2.05, 4.69) is 4.90 Å². The van der Waals surface area contributed by atoms with Gasteiger partial charge in [-0.05, 0) is 24.5 Å². The number of likely N-dealkylation sites (tertiary alicyclic amines) is 1. The van der Waals surface area contributed by atoms with Crippen LogP contribution in [-0.2, 0) is 17.9 Å². The van der Waals surface area contributed by atoms with Crippen LogP contribution in [0.4, 0.5) is 0 Å². The molecule has 3 unspecified atom stereocenters. The number of benzene rings is 1. The minimum atomic E-state index is -0.931. The molecule has 212 valence electrons. The molecule has 4 heterocycles. The Morgan fingerprint density at radius 2 is 1.77 bits per heavy atom. The van der Waals surface area contributed by atoms with Crippen LogP contribution in [0.25, 0.3) is 0 Å². The van der Waals surface area contributed by atoms with Crippen molar-refractivity contribution in [3.05, 3.63) is 79.8 Å². The molecule has 11 nitrogen and oxygen atoms in total. The number of nitrogens with two attached hydrogens (primary N) is 1. The van der Waals surface area contributed by atoms with E-state index in [1.165, 1.54) is 27.4 Å². The summed E-state index contributed by atoms with van der Waals surface area (Å²) in [4.78, 5) is 39.7. The van der Waals surface area contributed by atoms with Gasteiger partial charge in [-0.1, -0.05) is 6.07 Å². The van der Waals surface area contributed by atoms with E-state index in [0.29, 0.717) is 48.2 Å². The number of nitrogens with zero attached hydrogens (tertiary/aromatic N) is 2. The Hall–Kier alpha value is -4.25. The Balaban J connectivity index is 1.50. The van der Waals surface area contributed by atoms with Crippen molar-refractivity contribution in [2.45, 2.75) is 37.8 Å². The zero-order chi connectivity index (χ0) is 28.6. The van der Waals surface area contributed by atoms with E-state index in [4.69, 9.17) is 24.4 Å². The van der Waals surface area contributed by atoms with Gasteiger partial charge in [0.15, 0.2) is 17.3 Å². The van der Waals surface area contributed by atoms with Crippen molar-refractivity contribution in [1.29, 1.82) is 0 Å². The SMILES string of the molecule is COc1cc(OC)c(C(CC(N)=O)c2oc(CN3CC4CC(C3)c3cccc(=O)n3C4)cc(=O)c2O)cc1OC. The Morgan fingerprint density at radius 1 is 1.05 bits per heavy atom. The average molecular weight is 552 g/mol. The maximum absolute atomic E-state index is 12.9. The Labute approximate surface area is 230 Å². The van der Waals surface area contributed by atoms with Crippen LogP contribution < -0.4 is 30.9 Å². The molecule has 2 bridgehead atoms. The van der Waals surface area contributed by atoms with Gasteiger partial charge >= 0.3 is 0 Å². The van der Waals surface area contributed by atoms with Crippen LogP contribution in [-0.4, -0.2) is 54.9 Å². The number of rotatable bonds is 9. The van der Waals surface area contributed by atoms with Crippen molar-refractivity contribution in [3.63, 3.8) is 0 Å². The zero-order valence-electron chi connectivity index (χ0n) is 22.7. The van der Waals surface area contributed by atoms with Crippen molar-refractivity contribution in [2.75, 3.05) is 34.4 Å². The highest BCUT2D eigenvalue weighted by atomic mass is 16.5. The molecule has 0 radical (unpaired) electrons. The van der Waals surface area contributed by atoms with E-state index < -0.39 is 23.0 Å². The van der Waals surface area contributed by atoms with Gasteiger partial charge in [-0.3, -0.25) is 19.3 Å². The molecular formula is C29H33N3O8. The van der Waals surface area contributed by atoms with Crippen LogP contribution in [0.5, 0.6) is 23.0 Å². The fourth-order valence-electron chi connectivity index (χ4n) is 6.08. The standard InChI is InChI=1S/C29H33N3O8/c1-37-23-11-25(39-3)24(38-2)9-19(23)20(10-26(30)34)29-28(36)22(33)8-18(40-29)15-31-12-16-7-17(14-31)21-5-4-6-27(35)32(21)13-16/h4-6,8-9,11,16-17,20,36H,7,10,12-15H2,1-3H3,(H2,30,34). The quantitative estimate of drug-likeness (QED) is 0.408. The molecule has 3 N–H and O–H groups in total. The second-order valence-electron chi connectivity index (χ2n) is 10.4. The number of aromatic hydroxyl groups is 1. The summed E-state index contributed by atoms with van der Waals surface area (Å²) in [6, 6.07) is 9.86. The Kier molecular flexibility index (Phi) is 7.57. The lowest BCUT2D eigenvalue weighted by Crippen LogP contribution is -2.46. The van der Waals surface area contributed by atoms with Crippen molar-refractivity contribution in [1.82, 2.24) is 9.47 Å². The third kappa shape index (κ3) is 5.16. The van der Waals surface area contributed by atoms with Crippen LogP contribution in [0.1, 0.15) is 47.5 Å². The fraction of sp³-hybridized carbons (Fsp3) is 0.414. The molecule has 1 amide bonds. The van der Waals surface area contributed by atoms with Gasteiger partial charge in [-0.2, -0.15) is 0 Å². The molecule has 11 heteroatoms. The molecule has 5 rings (SSSR count). The number of amides is 1. The summed E-state index contributed by atoms with van der Waals surface area (Å²) in [5.74, 6) is -0.351. The smallest absolute Gasteiger partial charge is 0.250 e. The monoisotopic (exact) mass is 551 g/mol. The highest BCUT2D eigenvalue weighted by Crippen LogP contribution is 2.43. The number of pyridine rings is 1.